The Kier molecular flexibility index (Phi) is 3.46. The fourth-order valence-electron chi connectivity index (χ4n) is 1.67. The first-order chi connectivity index (χ1) is 8.99. The summed E-state index contributed by atoms with van der Waals surface area (Å²) in [5.74, 6) is -1.61. The standard InChI is InChI=1S/C14H12F2N2O/c1-18(11-5-2-9(15)3-6-11)14(19)12-7-4-10(17)8-13(12)16/h2-8H,17H2,1H3. The lowest BCUT2D eigenvalue weighted by Gasteiger charge is -2.17. The average molecular weight is 262 g/mol. The number of nitrogen functional groups attached to an aromatic ring is 1. The number of halogens is 2. The van der Waals surface area contributed by atoms with Gasteiger partial charge in [0.15, 0.2) is 0 Å². The van der Waals surface area contributed by atoms with Gasteiger partial charge in [0.05, 0.1) is 5.56 Å². The van der Waals surface area contributed by atoms with Crippen LogP contribution >= 0.6 is 0 Å². The second-order valence-electron chi connectivity index (χ2n) is 4.08. The Morgan fingerprint density at radius 3 is 2.32 bits per heavy atom. The molecule has 3 nitrogen and oxygen atoms in total. The second kappa shape index (κ2) is 5.06. The van der Waals surface area contributed by atoms with Crippen molar-refractivity contribution in [2.45, 2.75) is 0 Å². The molecule has 19 heavy (non-hydrogen) atoms. The Balaban J connectivity index is 2.30. The first kappa shape index (κ1) is 13.0. The number of nitrogens with zero attached hydrogens (tertiary/aromatic N) is 1. The fraction of sp³-hybridized carbons (Fsp3) is 0.0714. The highest BCUT2D eigenvalue weighted by molar-refractivity contribution is 6.06. The van der Waals surface area contributed by atoms with Gasteiger partial charge in [-0.3, -0.25) is 4.79 Å². The van der Waals surface area contributed by atoms with Gasteiger partial charge < -0.3 is 10.6 Å². The number of carbonyl (C=O) groups is 1. The van der Waals surface area contributed by atoms with Gasteiger partial charge >= 0.3 is 0 Å². The summed E-state index contributed by atoms with van der Waals surface area (Å²) in [5.41, 5.74) is 6.07. The average Bonchev–Trinajstić information content (AvgIpc) is 2.38. The van der Waals surface area contributed by atoms with Crippen molar-refractivity contribution in [3.05, 3.63) is 59.7 Å². The van der Waals surface area contributed by atoms with E-state index in [0.717, 1.165) is 6.07 Å². The van der Waals surface area contributed by atoms with Gasteiger partial charge in [-0.1, -0.05) is 0 Å². The zero-order chi connectivity index (χ0) is 14.0. The molecule has 0 saturated heterocycles. The molecule has 0 spiro atoms. The minimum absolute atomic E-state index is 0.0824. The van der Waals surface area contributed by atoms with Crippen LogP contribution in [0.3, 0.4) is 0 Å². The number of nitrogens with two attached hydrogens (primary N) is 1. The third-order valence-corrected chi connectivity index (χ3v) is 2.74. The smallest absolute Gasteiger partial charge is 0.260 e. The van der Waals surface area contributed by atoms with Crippen molar-refractivity contribution in [2.75, 3.05) is 17.7 Å². The van der Waals surface area contributed by atoms with Crippen LogP contribution in [0.5, 0.6) is 0 Å². The van der Waals surface area contributed by atoms with Crippen LogP contribution < -0.4 is 10.6 Å². The van der Waals surface area contributed by atoms with Gasteiger partial charge in [-0.15, -0.1) is 0 Å². The zero-order valence-corrected chi connectivity index (χ0v) is 10.2. The number of hydrogen-bond donors (Lipinski definition) is 1. The molecule has 0 bridgehead atoms. The van der Waals surface area contributed by atoms with E-state index in [4.69, 9.17) is 5.73 Å². The number of amides is 1. The van der Waals surface area contributed by atoms with E-state index >= 15 is 0 Å². The van der Waals surface area contributed by atoms with Crippen molar-refractivity contribution >= 4 is 17.3 Å². The van der Waals surface area contributed by atoms with Crippen LogP contribution in [-0.2, 0) is 0 Å². The van der Waals surface area contributed by atoms with Crippen molar-refractivity contribution in [1.29, 1.82) is 0 Å². The van der Waals surface area contributed by atoms with Crippen LogP contribution in [0.25, 0.3) is 0 Å². The summed E-state index contributed by atoms with van der Waals surface area (Å²) in [6.45, 7) is 0. The molecule has 0 saturated carbocycles. The molecular weight excluding hydrogens is 250 g/mol. The van der Waals surface area contributed by atoms with Gasteiger partial charge in [0.2, 0.25) is 0 Å². The summed E-state index contributed by atoms with van der Waals surface area (Å²) < 4.78 is 26.5. The van der Waals surface area contributed by atoms with Crippen LogP contribution in [0.15, 0.2) is 42.5 Å². The van der Waals surface area contributed by atoms with Crippen molar-refractivity contribution in [3.8, 4) is 0 Å². The highest BCUT2D eigenvalue weighted by Crippen LogP contribution is 2.19. The molecule has 5 heteroatoms. The number of hydrogen-bond acceptors (Lipinski definition) is 2. The predicted octanol–water partition coefficient (Wildman–Crippen LogP) is 2.82. The molecule has 1 amide bonds. The molecule has 0 aliphatic heterocycles. The lowest BCUT2D eigenvalue weighted by atomic mass is 10.1. The van der Waals surface area contributed by atoms with Crippen molar-refractivity contribution < 1.29 is 13.6 Å². The van der Waals surface area contributed by atoms with Crippen LogP contribution in [0.4, 0.5) is 20.2 Å². The topological polar surface area (TPSA) is 46.3 Å². The molecule has 2 aromatic rings. The van der Waals surface area contributed by atoms with Crippen LogP contribution in [0.1, 0.15) is 10.4 Å². The molecule has 0 heterocycles. The SMILES string of the molecule is CN(C(=O)c1ccc(N)cc1F)c1ccc(F)cc1. The Morgan fingerprint density at radius 1 is 1.11 bits per heavy atom. The molecule has 2 aromatic carbocycles. The Bertz CT molecular complexity index is 611. The van der Waals surface area contributed by atoms with E-state index in [9.17, 15) is 13.6 Å². The molecular formula is C14H12F2N2O. The van der Waals surface area contributed by atoms with Gasteiger partial charge in [0.1, 0.15) is 11.6 Å². The largest absolute Gasteiger partial charge is 0.399 e. The molecule has 0 aromatic heterocycles. The molecule has 2 rings (SSSR count). The van der Waals surface area contributed by atoms with Gasteiger partial charge in [0.25, 0.3) is 5.91 Å². The number of carbonyl (C=O) groups excluding carboxylic acids is 1. The lowest BCUT2D eigenvalue weighted by molar-refractivity contribution is 0.0989. The van der Waals surface area contributed by atoms with E-state index in [1.54, 1.807) is 0 Å². The van der Waals surface area contributed by atoms with Gasteiger partial charge in [0, 0.05) is 18.4 Å². The van der Waals surface area contributed by atoms with Crippen molar-refractivity contribution in [2.24, 2.45) is 0 Å². The van der Waals surface area contributed by atoms with Gasteiger partial charge in [-0.2, -0.15) is 0 Å². The van der Waals surface area contributed by atoms with E-state index in [-0.39, 0.29) is 11.3 Å². The molecule has 0 unspecified atom stereocenters. The minimum atomic E-state index is -0.682. The van der Waals surface area contributed by atoms with Crippen LogP contribution in [0, 0.1) is 11.6 Å². The molecule has 0 radical (unpaired) electrons. The van der Waals surface area contributed by atoms with Crippen molar-refractivity contribution in [1.82, 2.24) is 0 Å². The van der Waals surface area contributed by atoms with E-state index < -0.39 is 17.5 Å². The maximum absolute atomic E-state index is 13.7. The maximum atomic E-state index is 13.7. The molecule has 0 fully saturated rings. The van der Waals surface area contributed by atoms with Crippen molar-refractivity contribution in [3.63, 3.8) is 0 Å². The highest BCUT2D eigenvalue weighted by atomic mass is 19.1. The number of anilines is 2. The van der Waals surface area contributed by atoms with Gasteiger partial charge in [-0.05, 0) is 42.5 Å². The Morgan fingerprint density at radius 2 is 1.74 bits per heavy atom. The normalized spacial score (nSPS) is 10.3. The zero-order valence-electron chi connectivity index (χ0n) is 10.2. The molecule has 0 aliphatic rings. The summed E-state index contributed by atoms with van der Waals surface area (Å²) in [7, 11) is 1.49. The van der Waals surface area contributed by atoms with E-state index in [1.807, 2.05) is 0 Å². The molecule has 0 aliphatic carbocycles. The number of benzene rings is 2. The van der Waals surface area contributed by atoms with Crippen LogP contribution in [0.2, 0.25) is 0 Å². The fourth-order valence-corrected chi connectivity index (χ4v) is 1.67. The quantitative estimate of drug-likeness (QED) is 0.846. The minimum Gasteiger partial charge on any atom is -0.399 e. The van der Waals surface area contributed by atoms with E-state index in [1.165, 1.54) is 48.3 Å². The summed E-state index contributed by atoms with van der Waals surface area (Å²) in [6, 6.07) is 9.23. The van der Waals surface area contributed by atoms with E-state index in [2.05, 4.69) is 0 Å². The molecule has 98 valence electrons. The predicted molar refractivity (Wildman–Crippen MR) is 69.9 cm³/mol. The summed E-state index contributed by atoms with van der Waals surface area (Å²) in [6.07, 6.45) is 0. The van der Waals surface area contributed by atoms with Crippen LogP contribution in [-0.4, -0.2) is 13.0 Å². The third-order valence-electron chi connectivity index (χ3n) is 2.74. The lowest BCUT2D eigenvalue weighted by Crippen LogP contribution is -2.27. The highest BCUT2D eigenvalue weighted by Gasteiger charge is 2.17. The summed E-state index contributed by atoms with van der Waals surface area (Å²) in [5, 5.41) is 0. The second-order valence-corrected chi connectivity index (χ2v) is 4.08. The first-order valence-electron chi connectivity index (χ1n) is 5.57. The first-order valence-corrected chi connectivity index (χ1v) is 5.57. The van der Waals surface area contributed by atoms with E-state index in [0.29, 0.717) is 5.69 Å². The number of rotatable bonds is 2. The monoisotopic (exact) mass is 262 g/mol. The summed E-state index contributed by atoms with van der Waals surface area (Å²) >= 11 is 0. The van der Waals surface area contributed by atoms with Gasteiger partial charge in [-0.25, -0.2) is 8.78 Å². The maximum Gasteiger partial charge on any atom is 0.260 e. The Labute approximate surface area is 109 Å². The Hall–Kier alpha value is -2.43. The molecule has 0 atom stereocenters. The third kappa shape index (κ3) is 2.70. The molecule has 2 N–H and O–H groups in total. The summed E-state index contributed by atoms with van der Waals surface area (Å²) in [4.78, 5) is 13.4.